The fourth-order valence-electron chi connectivity index (χ4n) is 3.13. The first kappa shape index (κ1) is 20.7. The van der Waals surface area contributed by atoms with Crippen LogP contribution >= 0.6 is 11.8 Å². The molecule has 146 valence electrons. The van der Waals surface area contributed by atoms with E-state index in [4.69, 9.17) is 5.26 Å². The summed E-state index contributed by atoms with van der Waals surface area (Å²) >= 11 is 1.42. The van der Waals surface area contributed by atoms with Crippen LogP contribution in [-0.4, -0.2) is 18.2 Å². The maximum atomic E-state index is 12.6. The molecule has 0 saturated heterocycles. The number of hydrogen-bond acceptors (Lipinski definition) is 3. The second-order valence-electron chi connectivity index (χ2n) is 6.73. The van der Waals surface area contributed by atoms with Crippen molar-refractivity contribution in [2.24, 2.45) is 0 Å². The number of nitrogens with two attached hydrogens (primary N) is 1. The fraction of sp³-hybridized carbons (Fsp3) is 0.167. The number of nitrogens with one attached hydrogen (secondary N) is 1. The molecule has 0 aliphatic rings. The molecule has 3 N–H and O–H groups in total. The summed E-state index contributed by atoms with van der Waals surface area (Å²) in [5, 5.41) is 13.9. The zero-order valence-electron chi connectivity index (χ0n) is 16.3. The number of thioether (sulfide) groups is 1. The first-order valence-electron chi connectivity index (χ1n) is 9.51. The van der Waals surface area contributed by atoms with E-state index in [1.165, 1.54) is 22.9 Å². The van der Waals surface area contributed by atoms with Gasteiger partial charge in [0.25, 0.3) is 5.91 Å². The molecular weight excluding hydrogens is 378 g/mol. The summed E-state index contributed by atoms with van der Waals surface area (Å²) in [6.07, 6.45) is 0. The zero-order valence-corrected chi connectivity index (χ0v) is 17.2. The summed E-state index contributed by atoms with van der Waals surface area (Å²) in [4.78, 5) is 13.5. The van der Waals surface area contributed by atoms with Crippen LogP contribution in [0.4, 0.5) is 5.69 Å². The molecule has 1 atom stereocenters. The van der Waals surface area contributed by atoms with E-state index in [1.54, 1.807) is 0 Å². The summed E-state index contributed by atoms with van der Waals surface area (Å²) < 4.78 is 0. The van der Waals surface area contributed by atoms with Crippen molar-refractivity contribution in [3.8, 4) is 6.07 Å². The second kappa shape index (κ2) is 10.5. The molecule has 0 spiro atoms. The van der Waals surface area contributed by atoms with Crippen LogP contribution in [0.2, 0.25) is 0 Å². The van der Waals surface area contributed by atoms with Gasteiger partial charge in [-0.15, -0.1) is 11.8 Å². The van der Waals surface area contributed by atoms with Crippen LogP contribution in [0.1, 0.15) is 22.7 Å². The molecule has 0 radical (unpaired) electrons. The van der Waals surface area contributed by atoms with E-state index in [-0.39, 0.29) is 11.9 Å². The monoisotopic (exact) mass is 402 g/mol. The molecule has 0 heterocycles. The van der Waals surface area contributed by atoms with Crippen LogP contribution in [0.5, 0.6) is 0 Å². The fourth-order valence-corrected chi connectivity index (χ4v) is 3.80. The first-order chi connectivity index (χ1) is 14.2. The molecule has 4 nitrogen and oxygen atoms in total. The first-order valence-corrected chi connectivity index (χ1v) is 10.5. The minimum atomic E-state index is -0.0666. The Morgan fingerprint density at radius 3 is 2.38 bits per heavy atom. The zero-order chi connectivity index (χ0) is 20.5. The van der Waals surface area contributed by atoms with E-state index < -0.39 is 0 Å². The van der Waals surface area contributed by atoms with Gasteiger partial charge in [-0.1, -0.05) is 72.3 Å². The maximum Gasteiger partial charge on any atom is 0.279 e. The molecule has 0 unspecified atom stereocenters. The van der Waals surface area contributed by atoms with Crippen molar-refractivity contribution in [3.63, 3.8) is 0 Å². The molecule has 0 bridgehead atoms. The van der Waals surface area contributed by atoms with Gasteiger partial charge in [0.05, 0.1) is 17.5 Å². The number of amides is 1. The number of quaternary nitrogens is 1. The van der Waals surface area contributed by atoms with Crippen LogP contribution < -0.4 is 10.6 Å². The van der Waals surface area contributed by atoms with Crippen LogP contribution in [0, 0.1) is 18.3 Å². The molecule has 3 aromatic carbocycles. The third-order valence-electron chi connectivity index (χ3n) is 4.59. The highest BCUT2D eigenvalue weighted by molar-refractivity contribution is 7.99. The Kier molecular flexibility index (Phi) is 7.46. The number of benzene rings is 3. The van der Waals surface area contributed by atoms with Crippen LogP contribution in [0.15, 0.2) is 83.8 Å². The molecule has 0 aromatic heterocycles. The highest BCUT2D eigenvalue weighted by Gasteiger charge is 2.19. The second-order valence-corrected chi connectivity index (χ2v) is 7.75. The largest absolute Gasteiger partial charge is 0.328 e. The summed E-state index contributed by atoms with van der Waals surface area (Å²) in [7, 11) is 0. The lowest BCUT2D eigenvalue weighted by atomic mass is 9.98. The number of anilines is 1. The van der Waals surface area contributed by atoms with Crippen molar-refractivity contribution in [2.45, 2.75) is 17.9 Å². The Morgan fingerprint density at radius 2 is 1.66 bits per heavy atom. The summed E-state index contributed by atoms with van der Waals surface area (Å²) in [5.74, 6) is 0.283. The van der Waals surface area contributed by atoms with E-state index >= 15 is 0 Å². The number of hydrogen-bond donors (Lipinski definition) is 2. The molecule has 3 rings (SSSR count). The number of carbonyl (C=O) groups is 1. The van der Waals surface area contributed by atoms with E-state index in [9.17, 15) is 4.79 Å². The van der Waals surface area contributed by atoms with Crippen molar-refractivity contribution in [2.75, 3.05) is 17.6 Å². The molecule has 0 aliphatic heterocycles. The molecule has 0 fully saturated rings. The van der Waals surface area contributed by atoms with Crippen LogP contribution in [0.25, 0.3) is 0 Å². The van der Waals surface area contributed by atoms with E-state index in [0.29, 0.717) is 12.3 Å². The van der Waals surface area contributed by atoms with Gasteiger partial charge in [-0.25, -0.2) is 0 Å². The highest BCUT2D eigenvalue weighted by atomic mass is 32.2. The molecule has 5 heteroatoms. The predicted octanol–water partition coefficient (Wildman–Crippen LogP) is 3.90. The average Bonchev–Trinajstić information content (AvgIpc) is 2.75. The molecule has 29 heavy (non-hydrogen) atoms. The lowest BCUT2D eigenvalue weighted by Gasteiger charge is -2.17. The third-order valence-corrected chi connectivity index (χ3v) is 5.53. The Labute approximate surface area is 176 Å². The Bertz CT molecular complexity index is 981. The quantitative estimate of drug-likeness (QED) is 0.562. The smallest absolute Gasteiger partial charge is 0.279 e. The molecule has 1 amide bonds. The van der Waals surface area contributed by atoms with Crippen LogP contribution in [0.3, 0.4) is 0 Å². The van der Waals surface area contributed by atoms with E-state index in [1.807, 2.05) is 42.5 Å². The van der Waals surface area contributed by atoms with E-state index in [0.717, 1.165) is 16.1 Å². The number of rotatable bonds is 8. The van der Waals surface area contributed by atoms with Gasteiger partial charge in [0.1, 0.15) is 6.04 Å². The van der Waals surface area contributed by atoms with Gasteiger partial charge < -0.3 is 10.6 Å². The van der Waals surface area contributed by atoms with Crippen molar-refractivity contribution in [1.29, 1.82) is 5.26 Å². The lowest BCUT2D eigenvalue weighted by molar-refractivity contribution is -0.676. The minimum absolute atomic E-state index is 0.0470. The van der Waals surface area contributed by atoms with Crippen molar-refractivity contribution < 1.29 is 10.1 Å². The molecular formula is C24H24N3OS+. The van der Waals surface area contributed by atoms with Crippen molar-refractivity contribution in [1.82, 2.24) is 0 Å². The lowest BCUT2D eigenvalue weighted by Crippen LogP contribution is -2.87. The topological polar surface area (TPSA) is 69.5 Å². The number of aryl methyl sites for hydroxylation is 1. The van der Waals surface area contributed by atoms with E-state index in [2.05, 4.69) is 60.0 Å². The van der Waals surface area contributed by atoms with Gasteiger partial charge in [-0.2, -0.15) is 5.26 Å². The number of para-hydroxylation sites is 1. The minimum Gasteiger partial charge on any atom is -0.328 e. The number of carbonyl (C=O) groups excluding carboxylic acids is 1. The predicted molar refractivity (Wildman–Crippen MR) is 118 cm³/mol. The number of nitrogens with zero attached hydrogens (tertiary/aromatic N) is 1. The van der Waals surface area contributed by atoms with Crippen molar-refractivity contribution >= 4 is 23.4 Å². The Morgan fingerprint density at radius 1 is 1.00 bits per heavy atom. The van der Waals surface area contributed by atoms with Gasteiger partial charge in [0, 0.05) is 16.0 Å². The summed E-state index contributed by atoms with van der Waals surface area (Å²) in [6, 6.07) is 28.4. The normalized spacial score (nSPS) is 11.4. The molecule has 3 aromatic rings. The van der Waals surface area contributed by atoms with Gasteiger partial charge >= 0.3 is 0 Å². The van der Waals surface area contributed by atoms with Gasteiger partial charge in [0.15, 0.2) is 6.54 Å². The molecule has 0 saturated carbocycles. The van der Waals surface area contributed by atoms with Crippen molar-refractivity contribution in [3.05, 3.63) is 95.6 Å². The Balaban J connectivity index is 1.71. The number of nitriles is 1. The maximum absolute atomic E-state index is 12.6. The van der Waals surface area contributed by atoms with Crippen LogP contribution in [-0.2, 0) is 4.79 Å². The summed E-state index contributed by atoms with van der Waals surface area (Å²) in [6.45, 7) is 2.37. The standard InChI is InChI=1S/C24H23N3OS/c1-18-11-13-20(14-12-18)24(19-7-3-2-4-8-19)26-17-23(28)27-21-9-5-6-10-22(21)29-16-15-25/h2-14,24,26H,16-17H2,1H3,(H,27,28)/p+1/t24-/m1/s1. The average molecular weight is 403 g/mol. The summed E-state index contributed by atoms with van der Waals surface area (Å²) in [5.41, 5.74) is 4.29. The van der Waals surface area contributed by atoms with Gasteiger partial charge in [-0.05, 0) is 19.1 Å². The van der Waals surface area contributed by atoms with Gasteiger partial charge in [-0.3, -0.25) is 4.79 Å². The highest BCUT2D eigenvalue weighted by Crippen LogP contribution is 2.26. The van der Waals surface area contributed by atoms with Gasteiger partial charge in [0.2, 0.25) is 0 Å². The SMILES string of the molecule is Cc1ccc([C@H]([NH2+]CC(=O)Nc2ccccc2SCC#N)c2ccccc2)cc1. The third kappa shape index (κ3) is 5.95. The Hall–Kier alpha value is -3.07. The molecule has 0 aliphatic carbocycles.